The van der Waals surface area contributed by atoms with Gasteiger partial charge in [-0.15, -0.1) is 5.92 Å². The Morgan fingerprint density at radius 3 is 2.48 bits per heavy atom. The summed E-state index contributed by atoms with van der Waals surface area (Å²) in [6.07, 6.45) is 52.3. The minimum absolute atomic E-state index is 0.0292. The summed E-state index contributed by atoms with van der Waals surface area (Å²) < 4.78 is 0. The van der Waals surface area contributed by atoms with Gasteiger partial charge in [0.1, 0.15) is 0 Å². The van der Waals surface area contributed by atoms with Gasteiger partial charge >= 0.3 is 5.97 Å². The molecule has 7 nitrogen and oxygen atoms in total. The fraction of sp³-hybridized carbons (Fsp3) is 0.571. The Morgan fingerprint density at radius 2 is 1.61 bits per heavy atom. The van der Waals surface area contributed by atoms with Crippen molar-refractivity contribution in [1.82, 2.24) is 10.6 Å². The van der Waals surface area contributed by atoms with Crippen LogP contribution in [0.4, 0.5) is 0 Å². The first-order valence-corrected chi connectivity index (χ1v) is 39.8. The molecule has 23 rings (SSSR count). The molecule has 6 N–H and O–H groups in total. The predicted octanol–water partition coefficient (Wildman–Crippen LogP) is 16.5. The maximum absolute atomic E-state index is 15.7. The van der Waals surface area contributed by atoms with Gasteiger partial charge in [-0.3, -0.25) is 4.79 Å². The van der Waals surface area contributed by atoms with E-state index >= 15 is 4.79 Å². The third-order valence-corrected chi connectivity index (χ3v) is 33.4. The van der Waals surface area contributed by atoms with Crippen LogP contribution in [-0.2, 0) is 4.79 Å². The van der Waals surface area contributed by atoms with E-state index in [-0.39, 0.29) is 52.3 Å². The van der Waals surface area contributed by atoms with E-state index in [1.165, 1.54) is 113 Å². The lowest BCUT2D eigenvalue weighted by atomic mass is 9.27. The maximum atomic E-state index is 15.7. The molecule has 20 aliphatic rings. The first-order chi connectivity index (χ1) is 48.0. The number of allylic oxidation sites excluding steroid dienone is 11. The largest absolute Gasteiger partial charge is 0.516 e. The Morgan fingerprint density at radius 1 is 0.755 bits per heavy atom. The van der Waals surface area contributed by atoms with Crippen LogP contribution in [0.25, 0.3) is 23.3 Å². The molecule has 506 valence electrons. The summed E-state index contributed by atoms with van der Waals surface area (Å²) in [5.41, 5.74) is 11.0. The van der Waals surface area contributed by atoms with E-state index in [4.69, 9.17) is 0 Å². The first kappa shape index (κ1) is 60.4. The molecule has 8 saturated carbocycles. The molecule has 98 heavy (non-hydrogen) atoms. The molecule has 7 heteroatoms. The summed E-state index contributed by atoms with van der Waals surface area (Å²) >= 11 is 0. The average molecular weight is 1300 g/mol. The topological polar surface area (TPSA) is 122 Å². The van der Waals surface area contributed by atoms with Crippen LogP contribution < -0.4 is 21.1 Å². The third kappa shape index (κ3) is 7.60. The molecule has 23 unspecified atom stereocenters. The summed E-state index contributed by atoms with van der Waals surface area (Å²) in [4.78, 5) is 15.7. The quantitative estimate of drug-likeness (QED) is 0.0877. The highest BCUT2D eigenvalue weighted by atomic mass is 16.4. The van der Waals surface area contributed by atoms with E-state index in [0.29, 0.717) is 67.2 Å². The van der Waals surface area contributed by atoms with Crippen molar-refractivity contribution < 1.29 is 25.2 Å². The summed E-state index contributed by atoms with van der Waals surface area (Å²) in [5.74, 6) is 11.4. The normalized spacial score (nSPS) is 46.4. The smallest absolute Gasteiger partial charge is 0.307 e. The van der Waals surface area contributed by atoms with E-state index in [1.807, 2.05) is 0 Å². The Kier molecular flexibility index (Phi) is 13.3. The van der Waals surface area contributed by atoms with Crippen LogP contribution in [0.5, 0.6) is 0 Å². The fourth-order valence-electron chi connectivity index (χ4n) is 30.8. The molecule has 4 aliphatic heterocycles. The van der Waals surface area contributed by atoms with Gasteiger partial charge in [0.05, 0.1) is 30.2 Å². The molecule has 3 aromatic carbocycles. The molecule has 4 heterocycles. The van der Waals surface area contributed by atoms with Crippen molar-refractivity contribution >= 4 is 29.3 Å². The van der Waals surface area contributed by atoms with Gasteiger partial charge < -0.3 is 31.1 Å². The highest BCUT2D eigenvalue weighted by Crippen LogP contribution is 2.92. The lowest BCUT2D eigenvalue weighted by molar-refractivity contribution is -0.190. The molecule has 0 aromatic heterocycles. The van der Waals surface area contributed by atoms with Gasteiger partial charge in [-0.1, -0.05) is 170 Å². The Hall–Kier alpha value is -6.33. The molecule has 4 spiro atoms. The van der Waals surface area contributed by atoms with Crippen LogP contribution in [0.3, 0.4) is 0 Å². The molecule has 3 aromatic rings. The number of hydrogen-bond acceptors (Lipinski definition) is 6. The van der Waals surface area contributed by atoms with Gasteiger partial charge in [-0.25, -0.2) is 0 Å². The summed E-state index contributed by atoms with van der Waals surface area (Å²) in [7, 11) is 0. The number of hydrogen-bond donors (Lipinski definition) is 6. The van der Waals surface area contributed by atoms with Crippen molar-refractivity contribution in [3.63, 3.8) is 0 Å². The number of aliphatic hydroxyl groups is 3. The lowest BCUT2D eigenvalue weighted by Crippen LogP contribution is -2.71. The first-order valence-electron chi connectivity index (χ1n) is 39.8. The monoisotopic (exact) mass is 1300 g/mol. The van der Waals surface area contributed by atoms with Gasteiger partial charge in [-0.05, 0) is 272 Å². The number of aliphatic carboxylic acids is 1. The number of rotatable bonds is 3. The highest BCUT2D eigenvalue weighted by Gasteiger charge is 2.87. The molecule has 0 amide bonds. The molecule has 18 bridgehead atoms. The minimum atomic E-state index is -1.02. The molecule has 0 radical (unpaired) electrons. The Balaban J connectivity index is 0.831. The van der Waals surface area contributed by atoms with Crippen LogP contribution in [0, 0.1) is 127 Å². The second kappa shape index (κ2) is 21.6. The van der Waals surface area contributed by atoms with Crippen LogP contribution in [0.1, 0.15) is 201 Å². The lowest BCUT2D eigenvalue weighted by Gasteiger charge is -2.76. The second-order valence-corrected chi connectivity index (χ2v) is 36.1. The molecule has 0 saturated heterocycles. The van der Waals surface area contributed by atoms with Crippen LogP contribution in [-0.4, -0.2) is 51.7 Å². The van der Waals surface area contributed by atoms with E-state index in [2.05, 4.69) is 156 Å². The molecular weight excluding hydrogens is 1200 g/mol. The van der Waals surface area contributed by atoms with Gasteiger partial charge in [0.2, 0.25) is 0 Å². The Labute approximate surface area is 581 Å². The van der Waals surface area contributed by atoms with Gasteiger partial charge in [0.25, 0.3) is 0 Å². The number of dihydropyridines is 1. The fourth-order valence-corrected chi connectivity index (χ4v) is 30.8. The average Bonchev–Trinajstić information content (AvgIpc) is 1.33. The van der Waals surface area contributed by atoms with Gasteiger partial charge in [-0.2, -0.15) is 0 Å². The van der Waals surface area contributed by atoms with Crippen molar-refractivity contribution in [2.75, 3.05) is 13.1 Å². The van der Waals surface area contributed by atoms with Crippen LogP contribution >= 0.6 is 0 Å². The predicted molar refractivity (Wildman–Crippen MR) is 387 cm³/mol. The number of fused-ring (bicyclic) bond motifs is 5. The molecule has 23 atom stereocenters. The van der Waals surface area contributed by atoms with Crippen molar-refractivity contribution in [2.45, 2.75) is 191 Å². The number of carbonyl (C=O) groups is 1. The van der Waals surface area contributed by atoms with Crippen LogP contribution in [0.15, 0.2) is 156 Å². The summed E-state index contributed by atoms with van der Waals surface area (Å²) in [6, 6.07) is 28.3. The molecule has 8 fully saturated rings. The SMILES string of the molecule is O=C(O)C1CCC(=CO)C(C2CCCCC2)CCCNC2=CC=C(CN2)c2ccc3c(c2)C2C4=c5ccccc5=CC5C4=CC46C=CCC7(CC#CC2C=C3)C(O)CCC5(C2=C3C4CCC4CC5(CC8CCC(c9ccccc9)CC8C5)C5C=CC18C(O)C1CCCC8(CC2)C31C45)C67. The number of carboxylic acid groups (broad SMARTS) is 1. The molecule has 16 aliphatic carbocycles. The third-order valence-electron chi connectivity index (χ3n) is 33.4. The zero-order valence-corrected chi connectivity index (χ0v) is 57.6. The highest BCUT2D eigenvalue weighted by molar-refractivity contribution is 5.84. The van der Waals surface area contributed by atoms with E-state index < -0.39 is 51.2 Å². The number of benzene rings is 3. The second-order valence-electron chi connectivity index (χ2n) is 36.1. The zero-order chi connectivity index (χ0) is 65.3. The molecular formula is C91H102N2O5. The van der Waals surface area contributed by atoms with Crippen molar-refractivity contribution in [1.29, 1.82) is 0 Å². The number of carboxylic acids is 1. The van der Waals surface area contributed by atoms with E-state index in [1.54, 1.807) is 11.1 Å². The number of aliphatic hydroxyl groups excluding tert-OH is 3. The number of nitrogens with one attached hydrogen (secondary N) is 2. The Bertz CT molecular complexity index is 4370. The maximum Gasteiger partial charge on any atom is 0.307 e. The minimum Gasteiger partial charge on any atom is -0.516 e. The van der Waals surface area contributed by atoms with Crippen molar-refractivity contribution in [3.05, 3.63) is 188 Å². The van der Waals surface area contributed by atoms with Crippen LogP contribution in [0.2, 0.25) is 0 Å². The van der Waals surface area contributed by atoms with E-state index in [0.717, 1.165) is 108 Å². The van der Waals surface area contributed by atoms with Crippen molar-refractivity contribution in [3.8, 4) is 11.8 Å². The summed E-state index contributed by atoms with van der Waals surface area (Å²) in [6.45, 7) is 1.52. The van der Waals surface area contributed by atoms with Gasteiger partial charge in [0, 0.05) is 64.3 Å². The zero-order valence-electron chi connectivity index (χ0n) is 57.6. The van der Waals surface area contributed by atoms with Gasteiger partial charge in [0.15, 0.2) is 0 Å². The van der Waals surface area contributed by atoms with Crippen molar-refractivity contribution in [2.24, 2.45) is 115 Å². The standard InChI is InChI=1S/C91H102N2O5/c94-53-64-29-32-74(83(97)98)90-43-35-70-80-62(49-85(70)48-61-27-26-58(45-65(61)50-85)54-13-3-1-4-14-54)28-31-71-81-72(34-41-88(90)40-10-21-73(82(90)96)91(80,81)88)89-42-36-76(95)86-37-9-18-57-24-22-56-23-25-59(63-30-33-77(93-52-63)92-44-11-20-66(64)55-15-5-2-6-16-55)46-68(56)78(57)79-67-19-8-7-17-60(67)47-75(89)69(79)51-87(71,84(86)89)39-12-38-86/h1,3-4,7-8,12-14,17,19,22-25,30,33,35,39,43,46-47,51,53,55,57-58,61-62,65-66,70-71,73-76,78,80,82,84,92-96H,2,5-6,10-11,15-16,20-21,26-29,31-32,34,36-38,40-42,44-45,48-50,52H2,(H,97,98). The summed E-state index contributed by atoms with van der Waals surface area (Å²) in [5, 5.41) is 63.6. The van der Waals surface area contributed by atoms with E-state index in [9.17, 15) is 20.4 Å².